The van der Waals surface area contributed by atoms with Gasteiger partial charge in [-0.3, -0.25) is 4.79 Å². The first kappa shape index (κ1) is 15.7. The van der Waals surface area contributed by atoms with Crippen molar-refractivity contribution in [3.8, 4) is 0 Å². The van der Waals surface area contributed by atoms with Crippen LogP contribution in [-0.4, -0.2) is 12.1 Å². The summed E-state index contributed by atoms with van der Waals surface area (Å²) in [6.45, 7) is 0. The second-order valence-corrected chi connectivity index (χ2v) is 5.40. The lowest BCUT2D eigenvalue weighted by Gasteiger charge is -2.16. The minimum Gasteiger partial charge on any atom is -0.272 e. The van der Waals surface area contributed by atoms with E-state index >= 15 is 0 Å². The van der Waals surface area contributed by atoms with Crippen molar-refractivity contribution in [3.63, 3.8) is 0 Å². The van der Waals surface area contributed by atoms with E-state index in [-0.39, 0.29) is 11.8 Å². The monoisotopic (exact) mass is 314 g/mol. The van der Waals surface area contributed by atoms with Crippen molar-refractivity contribution in [2.75, 3.05) is 0 Å². The van der Waals surface area contributed by atoms with E-state index in [9.17, 15) is 4.79 Å². The van der Waals surface area contributed by atoms with Crippen molar-refractivity contribution in [2.24, 2.45) is 5.10 Å². The van der Waals surface area contributed by atoms with E-state index in [1.807, 2.05) is 91.0 Å². The maximum absolute atomic E-state index is 12.7. The molecule has 0 unspecified atom stereocenters. The van der Waals surface area contributed by atoms with Crippen LogP contribution in [0.3, 0.4) is 0 Å². The molecule has 0 heterocycles. The normalized spacial score (nSPS) is 10.9. The largest absolute Gasteiger partial charge is 0.272 e. The summed E-state index contributed by atoms with van der Waals surface area (Å²) in [5.41, 5.74) is 5.48. The maximum atomic E-state index is 12.7. The van der Waals surface area contributed by atoms with Gasteiger partial charge in [-0.25, -0.2) is 5.43 Å². The Morgan fingerprint density at radius 3 is 1.71 bits per heavy atom. The number of hydrazone groups is 1. The molecule has 3 heteroatoms. The summed E-state index contributed by atoms with van der Waals surface area (Å²) < 4.78 is 0. The van der Waals surface area contributed by atoms with E-state index in [2.05, 4.69) is 10.5 Å². The molecule has 1 amide bonds. The van der Waals surface area contributed by atoms with Gasteiger partial charge in [-0.2, -0.15) is 5.10 Å². The third kappa shape index (κ3) is 3.96. The van der Waals surface area contributed by atoms with Gasteiger partial charge in [-0.15, -0.1) is 0 Å². The van der Waals surface area contributed by atoms with Gasteiger partial charge in [0.2, 0.25) is 0 Å². The summed E-state index contributed by atoms with van der Waals surface area (Å²) in [4.78, 5) is 12.7. The minimum absolute atomic E-state index is 0.153. The molecule has 0 aliphatic carbocycles. The average molecular weight is 314 g/mol. The lowest BCUT2D eigenvalue weighted by Crippen LogP contribution is -2.26. The van der Waals surface area contributed by atoms with Crippen LogP contribution >= 0.6 is 0 Å². The lowest BCUT2D eigenvalue weighted by atomic mass is 9.91. The highest BCUT2D eigenvalue weighted by molar-refractivity contribution is 5.88. The molecule has 3 aromatic rings. The van der Waals surface area contributed by atoms with E-state index in [0.717, 1.165) is 16.7 Å². The number of amides is 1. The fourth-order valence-corrected chi connectivity index (χ4v) is 2.56. The molecule has 0 spiro atoms. The highest BCUT2D eigenvalue weighted by Crippen LogP contribution is 2.24. The number of rotatable bonds is 5. The van der Waals surface area contributed by atoms with Crippen LogP contribution in [-0.2, 0) is 4.79 Å². The Morgan fingerprint density at radius 1 is 0.750 bits per heavy atom. The molecule has 0 radical (unpaired) electrons. The Kier molecular flexibility index (Phi) is 5.15. The molecular weight excluding hydrogens is 296 g/mol. The van der Waals surface area contributed by atoms with Crippen LogP contribution in [0.4, 0.5) is 0 Å². The van der Waals surface area contributed by atoms with Crippen molar-refractivity contribution in [1.29, 1.82) is 0 Å². The van der Waals surface area contributed by atoms with Crippen molar-refractivity contribution in [2.45, 2.75) is 5.92 Å². The Morgan fingerprint density at radius 2 is 1.21 bits per heavy atom. The van der Waals surface area contributed by atoms with Gasteiger partial charge >= 0.3 is 0 Å². The summed E-state index contributed by atoms with van der Waals surface area (Å²) in [6, 6.07) is 29.1. The van der Waals surface area contributed by atoms with Crippen molar-refractivity contribution < 1.29 is 4.79 Å². The third-order valence-electron chi connectivity index (χ3n) is 3.72. The van der Waals surface area contributed by atoms with Crippen molar-refractivity contribution in [3.05, 3.63) is 108 Å². The Bertz CT molecular complexity index is 760. The van der Waals surface area contributed by atoms with E-state index < -0.39 is 0 Å². The van der Waals surface area contributed by atoms with Gasteiger partial charge in [0.15, 0.2) is 0 Å². The van der Waals surface area contributed by atoms with Gasteiger partial charge in [-0.1, -0.05) is 91.0 Å². The topological polar surface area (TPSA) is 41.5 Å². The minimum atomic E-state index is -0.389. The zero-order valence-electron chi connectivity index (χ0n) is 13.2. The molecule has 3 rings (SSSR count). The van der Waals surface area contributed by atoms with Gasteiger partial charge in [0.1, 0.15) is 0 Å². The first-order valence-electron chi connectivity index (χ1n) is 7.82. The highest BCUT2D eigenvalue weighted by atomic mass is 16.2. The molecule has 0 bridgehead atoms. The van der Waals surface area contributed by atoms with Crippen LogP contribution in [0.1, 0.15) is 22.6 Å². The lowest BCUT2D eigenvalue weighted by molar-refractivity contribution is -0.121. The molecule has 0 aromatic heterocycles. The standard InChI is InChI=1S/C21H18N2O/c24-21(23-22-16-17-10-4-1-5-11-17)20(18-12-6-2-7-13-18)19-14-8-3-9-15-19/h1-16,20H,(H,23,24). The number of benzene rings is 3. The molecule has 1 N–H and O–H groups in total. The number of nitrogens with one attached hydrogen (secondary N) is 1. The zero-order valence-corrected chi connectivity index (χ0v) is 13.2. The van der Waals surface area contributed by atoms with Crippen LogP contribution in [0.25, 0.3) is 0 Å². The maximum Gasteiger partial charge on any atom is 0.252 e. The number of carbonyl (C=O) groups excluding carboxylic acids is 1. The molecular formula is C21H18N2O. The molecule has 0 fully saturated rings. The number of hydrogen-bond acceptors (Lipinski definition) is 2. The number of hydrogen-bond donors (Lipinski definition) is 1. The Labute approximate surface area is 141 Å². The Balaban J connectivity index is 1.81. The van der Waals surface area contributed by atoms with E-state index in [0.29, 0.717) is 0 Å². The quantitative estimate of drug-likeness (QED) is 0.562. The fourth-order valence-electron chi connectivity index (χ4n) is 2.56. The molecule has 0 aliphatic rings. The van der Waals surface area contributed by atoms with Crippen LogP contribution in [0.2, 0.25) is 0 Å². The summed E-state index contributed by atoms with van der Waals surface area (Å²) >= 11 is 0. The van der Waals surface area contributed by atoms with Gasteiger partial charge in [0.05, 0.1) is 12.1 Å². The molecule has 118 valence electrons. The van der Waals surface area contributed by atoms with Gasteiger partial charge in [0, 0.05) is 0 Å². The van der Waals surface area contributed by atoms with Crippen LogP contribution < -0.4 is 5.43 Å². The first-order valence-corrected chi connectivity index (χ1v) is 7.82. The number of carbonyl (C=O) groups is 1. The molecule has 0 atom stereocenters. The highest BCUT2D eigenvalue weighted by Gasteiger charge is 2.21. The van der Waals surface area contributed by atoms with E-state index in [1.165, 1.54) is 0 Å². The smallest absolute Gasteiger partial charge is 0.252 e. The first-order chi connectivity index (χ1) is 11.8. The summed E-state index contributed by atoms with van der Waals surface area (Å²) in [7, 11) is 0. The second-order valence-electron chi connectivity index (χ2n) is 5.40. The molecule has 0 aliphatic heterocycles. The van der Waals surface area contributed by atoms with Gasteiger partial charge < -0.3 is 0 Å². The van der Waals surface area contributed by atoms with Gasteiger partial charge in [-0.05, 0) is 16.7 Å². The molecule has 3 nitrogen and oxygen atoms in total. The van der Waals surface area contributed by atoms with Crippen LogP contribution in [0.15, 0.2) is 96.1 Å². The van der Waals surface area contributed by atoms with Crippen LogP contribution in [0, 0.1) is 0 Å². The second kappa shape index (κ2) is 7.88. The molecule has 0 saturated heterocycles. The Hall–Kier alpha value is -3.20. The predicted molar refractivity (Wildman–Crippen MR) is 96.9 cm³/mol. The van der Waals surface area contributed by atoms with Gasteiger partial charge in [0.25, 0.3) is 5.91 Å². The third-order valence-corrected chi connectivity index (χ3v) is 3.72. The van der Waals surface area contributed by atoms with Crippen molar-refractivity contribution >= 4 is 12.1 Å². The zero-order chi connectivity index (χ0) is 16.6. The molecule has 3 aromatic carbocycles. The number of nitrogens with zero attached hydrogens (tertiary/aromatic N) is 1. The summed E-state index contributed by atoms with van der Waals surface area (Å²) in [6.07, 6.45) is 1.64. The molecule has 24 heavy (non-hydrogen) atoms. The SMILES string of the molecule is O=C(NN=Cc1ccccc1)C(c1ccccc1)c1ccccc1. The molecule has 0 saturated carbocycles. The fraction of sp³-hybridized carbons (Fsp3) is 0.0476. The van der Waals surface area contributed by atoms with Crippen LogP contribution in [0.5, 0.6) is 0 Å². The van der Waals surface area contributed by atoms with E-state index in [1.54, 1.807) is 6.21 Å². The summed E-state index contributed by atoms with van der Waals surface area (Å²) in [5.74, 6) is -0.542. The average Bonchev–Trinajstić information content (AvgIpc) is 2.65. The summed E-state index contributed by atoms with van der Waals surface area (Å²) in [5, 5.41) is 4.09. The predicted octanol–water partition coefficient (Wildman–Crippen LogP) is 3.97. The van der Waals surface area contributed by atoms with E-state index in [4.69, 9.17) is 0 Å². The van der Waals surface area contributed by atoms with Crippen molar-refractivity contribution in [1.82, 2.24) is 5.43 Å².